The Labute approximate surface area is 149 Å². The van der Waals surface area contributed by atoms with Crippen LogP contribution >= 0.6 is 0 Å². The summed E-state index contributed by atoms with van der Waals surface area (Å²) in [4.78, 5) is 25.8. The van der Waals surface area contributed by atoms with E-state index in [4.69, 9.17) is 14.5 Å². The quantitative estimate of drug-likeness (QED) is 0.145. The van der Waals surface area contributed by atoms with Gasteiger partial charge in [-0.3, -0.25) is 9.35 Å². The summed E-state index contributed by atoms with van der Waals surface area (Å²) >= 11 is 0. The Bertz CT molecular complexity index is 475. The second kappa shape index (κ2) is 14.0. The molecule has 0 aromatic rings. The Morgan fingerprint density at radius 3 is 1.84 bits per heavy atom. The summed E-state index contributed by atoms with van der Waals surface area (Å²) in [6.45, 7) is 2.19. The first kappa shape index (κ1) is 23.8. The standard InChI is InChI=1S/C16H30O8S/c1-2-3-4-5-6-7-8-9-10-11-12-23-16(18)14(25(20,21)22)13-15(17)24-19/h14,19H,2-13H2,1H3,(H,20,21,22). The van der Waals surface area contributed by atoms with Gasteiger partial charge in [-0.2, -0.15) is 13.7 Å². The molecule has 1 unspecified atom stereocenters. The van der Waals surface area contributed by atoms with Crippen LogP contribution in [-0.4, -0.2) is 42.0 Å². The Morgan fingerprint density at radius 2 is 1.40 bits per heavy atom. The third-order valence-corrected chi connectivity index (χ3v) is 4.90. The molecule has 2 N–H and O–H groups in total. The normalized spacial score (nSPS) is 12.6. The van der Waals surface area contributed by atoms with E-state index in [1.54, 1.807) is 0 Å². The van der Waals surface area contributed by atoms with Gasteiger partial charge in [0.05, 0.1) is 13.0 Å². The molecule has 0 rings (SSSR count). The molecule has 0 aliphatic heterocycles. The second-order valence-corrected chi connectivity index (χ2v) is 7.62. The summed E-state index contributed by atoms with van der Waals surface area (Å²) in [5, 5.41) is 6.04. The number of ether oxygens (including phenoxy) is 1. The monoisotopic (exact) mass is 382 g/mol. The van der Waals surface area contributed by atoms with Gasteiger partial charge in [-0.15, -0.1) is 0 Å². The van der Waals surface area contributed by atoms with Crippen LogP contribution < -0.4 is 0 Å². The van der Waals surface area contributed by atoms with Crippen molar-refractivity contribution in [3.05, 3.63) is 0 Å². The maximum atomic E-state index is 11.7. The Balaban J connectivity index is 3.84. The van der Waals surface area contributed by atoms with Gasteiger partial charge in [0, 0.05) is 0 Å². The zero-order valence-corrected chi connectivity index (χ0v) is 15.6. The molecular formula is C16H30O8S. The zero-order valence-electron chi connectivity index (χ0n) is 14.8. The molecule has 0 saturated heterocycles. The summed E-state index contributed by atoms with van der Waals surface area (Å²) in [6, 6.07) is 0. The Kier molecular flexibility index (Phi) is 13.4. The predicted octanol–water partition coefficient (Wildman–Crippen LogP) is 3.11. The van der Waals surface area contributed by atoms with Crippen LogP contribution in [0.1, 0.15) is 77.6 Å². The van der Waals surface area contributed by atoms with Gasteiger partial charge >= 0.3 is 11.9 Å². The summed E-state index contributed by atoms with van der Waals surface area (Å²) in [6.07, 6.45) is 9.99. The highest BCUT2D eigenvalue weighted by Gasteiger charge is 2.35. The highest BCUT2D eigenvalue weighted by atomic mass is 32.2. The smallest absolute Gasteiger partial charge is 0.344 e. The van der Waals surface area contributed by atoms with Crippen LogP contribution in [0.3, 0.4) is 0 Å². The number of hydrogen-bond donors (Lipinski definition) is 2. The molecule has 0 saturated carbocycles. The zero-order chi connectivity index (χ0) is 19.1. The van der Waals surface area contributed by atoms with Crippen molar-refractivity contribution in [1.29, 1.82) is 0 Å². The number of esters is 1. The topological polar surface area (TPSA) is 127 Å². The van der Waals surface area contributed by atoms with Crippen molar-refractivity contribution in [3.63, 3.8) is 0 Å². The van der Waals surface area contributed by atoms with Crippen molar-refractivity contribution >= 4 is 22.1 Å². The van der Waals surface area contributed by atoms with Crippen molar-refractivity contribution in [2.24, 2.45) is 0 Å². The van der Waals surface area contributed by atoms with Crippen molar-refractivity contribution in [2.45, 2.75) is 82.8 Å². The molecule has 0 aliphatic rings. The van der Waals surface area contributed by atoms with Gasteiger partial charge in [0.2, 0.25) is 0 Å². The first-order valence-electron chi connectivity index (χ1n) is 8.80. The van der Waals surface area contributed by atoms with Crippen LogP contribution in [0, 0.1) is 0 Å². The largest absolute Gasteiger partial charge is 0.465 e. The minimum Gasteiger partial charge on any atom is -0.465 e. The highest BCUT2D eigenvalue weighted by molar-refractivity contribution is 7.87. The third-order valence-electron chi connectivity index (χ3n) is 3.82. The van der Waals surface area contributed by atoms with Gasteiger partial charge in [0.15, 0.2) is 5.25 Å². The SMILES string of the molecule is CCCCCCCCCCCCOC(=O)C(CC(=O)OO)S(=O)(=O)O. The lowest BCUT2D eigenvalue weighted by Crippen LogP contribution is -2.34. The third kappa shape index (κ3) is 12.8. The number of rotatable bonds is 15. The minimum absolute atomic E-state index is 0.00945. The van der Waals surface area contributed by atoms with Crippen molar-refractivity contribution in [3.8, 4) is 0 Å². The number of hydrogen-bond acceptors (Lipinski definition) is 7. The summed E-state index contributed by atoms with van der Waals surface area (Å²) in [5.41, 5.74) is 0. The Hall–Kier alpha value is -1.19. The van der Waals surface area contributed by atoms with Crippen molar-refractivity contribution in [2.75, 3.05) is 6.61 Å². The fourth-order valence-electron chi connectivity index (χ4n) is 2.35. The average Bonchev–Trinajstić information content (AvgIpc) is 2.56. The van der Waals surface area contributed by atoms with E-state index in [1.807, 2.05) is 0 Å². The molecule has 0 radical (unpaired) electrons. The van der Waals surface area contributed by atoms with Gasteiger partial charge in [0.1, 0.15) is 0 Å². The van der Waals surface area contributed by atoms with Crippen LogP contribution in [-0.2, 0) is 29.3 Å². The Morgan fingerprint density at radius 1 is 0.920 bits per heavy atom. The van der Waals surface area contributed by atoms with E-state index in [0.29, 0.717) is 6.42 Å². The molecule has 0 bridgehead atoms. The molecule has 0 fully saturated rings. The van der Waals surface area contributed by atoms with Gasteiger partial charge < -0.3 is 9.62 Å². The van der Waals surface area contributed by atoms with E-state index in [0.717, 1.165) is 19.3 Å². The first-order chi connectivity index (χ1) is 11.8. The molecule has 25 heavy (non-hydrogen) atoms. The number of carbonyl (C=O) groups is 2. The molecule has 1 atom stereocenters. The first-order valence-corrected chi connectivity index (χ1v) is 10.3. The van der Waals surface area contributed by atoms with Gasteiger partial charge in [-0.1, -0.05) is 64.7 Å². The molecule has 0 aliphatic carbocycles. The maximum absolute atomic E-state index is 11.7. The molecular weight excluding hydrogens is 352 g/mol. The number of carbonyl (C=O) groups excluding carboxylic acids is 2. The lowest BCUT2D eigenvalue weighted by atomic mass is 10.1. The highest BCUT2D eigenvalue weighted by Crippen LogP contribution is 2.12. The minimum atomic E-state index is -4.82. The fraction of sp³-hybridized carbons (Fsp3) is 0.875. The lowest BCUT2D eigenvalue weighted by Gasteiger charge is -2.11. The average molecular weight is 382 g/mol. The molecule has 8 nitrogen and oxygen atoms in total. The molecule has 0 aromatic carbocycles. The number of unbranched alkanes of at least 4 members (excludes halogenated alkanes) is 9. The van der Waals surface area contributed by atoms with E-state index in [2.05, 4.69) is 11.8 Å². The van der Waals surface area contributed by atoms with Crippen LogP contribution in [0.2, 0.25) is 0 Å². The van der Waals surface area contributed by atoms with E-state index >= 15 is 0 Å². The summed E-state index contributed by atoms with van der Waals surface area (Å²) in [5.74, 6) is -2.58. The molecule has 9 heteroatoms. The molecule has 0 aromatic heterocycles. The van der Waals surface area contributed by atoms with E-state index < -0.39 is 33.7 Å². The van der Waals surface area contributed by atoms with Crippen molar-refractivity contribution in [1.82, 2.24) is 0 Å². The fourth-order valence-corrected chi connectivity index (χ4v) is 3.01. The van der Waals surface area contributed by atoms with Crippen molar-refractivity contribution < 1.29 is 37.4 Å². The lowest BCUT2D eigenvalue weighted by molar-refractivity contribution is -0.234. The van der Waals surface area contributed by atoms with E-state index in [-0.39, 0.29) is 6.61 Å². The van der Waals surface area contributed by atoms with Crippen LogP contribution in [0.4, 0.5) is 0 Å². The van der Waals surface area contributed by atoms with Crippen LogP contribution in [0.15, 0.2) is 0 Å². The molecule has 0 spiro atoms. The molecule has 0 heterocycles. The second-order valence-electron chi connectivity index (χ2n) is 6.02. The van der Waals surface area contributed by atoms with Gasteiger partial charge in [0.25, 0.3) is 10.1 Å². The maximum Gasteiger partial charge on any atom is 0.344 e. The summed E-state index contributed by atoms with van der Waals surface area (Å²) in [7, 11) is -4.82. The van der Waals surface area contributed by atoms with E-state index in [9.17, 15) is 18.0 Å². The van der Waals surface area contributed by atoms with Gasteiger partial charge in [-0.25, -0.2) is 4.79 Å². The van der Waals surface area contributed by atoms with Crippen LogP contribution in [0.5, 0.6) is 0 Å². The predicted molar refractivity (Wildman–Crippen MR) is 91.5 cm³/mol. The summed E-state index contributed by atoms with van der Waals surface area (Å²) < 4.78 is 35.9. The van der Waals surface area contributed by atoms with Crippen LogP contribution in [0.25, 0.3) is 0 Å². The van der Waals surface area contributed by atoms with E-state index in [1.165, 1.54) is 38.5 Å². The molecule has 148 valence electrons. The molecule has 0 amide bonds. The van der Waals surface area contributed by atoms with Gasteiger partial charge in [-0.05, 0) is 6.42 Å².